The minimum absolute atomic E-state index is 0.158. The summed E-state index contributed by atoms with van der Waals surface area (Å²) in [5.74, 6) is 0. The van der Waals surface area contributed by atoms with Crippen LogP contribution in [0.5, 0.6) is 0 Å². The van der Waals surface area contributed by atoms with Crippen molar-refractivity contribution in [1.82, 2.24) is 0 Å². The molecule has 0 aromatic heterocycles. The average molecular weight is 377 g/mol. The fourth-order valence-corrected chi connectivity index (χ4v) is 3.53. The fourth-order valence-electron chi connectivity index (χ4n) is 3.24. The monoisotopic (exact) mass is 376 g/mol. The maximum atomic E-state index is 6.65. The SMILES string of the molecule is CC(C)(C)c1ccc(-c2ccc(-c3ccc(C(C)(C)C)cc3)c(Cl)c2)cc1. The Bertz CT molecular complexity index is 918. The van der Waals surface area contributed by atoms with Gasteiger partial charge in [0.05, 0.1) is 0 Å². The summed E-state index contributed by atoms with van der Waals surface area (Å²) in [4.78, 5) is 0. The van der Waals surface area contributed by atoms with Crippen LogP contribution in [0.3, 0.4) is 0 Å². The minimum atomic E-state index is 0.158. The molecule has 1 heteroatoms. The summed E-state index contributed by atoms with van der Waals surface area (Å²) >= 11 is 6.65. The van der Waals surface area contributed by atoms with Crippen molar-refractivity contribution in [2.45, 2.75) is 52.4 Å². The van der Waals surface area contributed by atoms with Crippen LogP contribution in [0, 0.1) is 0 Å². The molecule has 140 valence electrons. The van der Waals surface area contributed by atoms with Crippen LogP contribution < -0.4 is 0 Å². The molecule has 0 aliphatic carbocycles. The highest BCUT2D eigenvalue weighted by Crippen LogP contribution is 2.34. The first-order chi connectivity index (χ1) is 12.6. The number of benzene rings is 3. The Balaban J connectivity index is 1.90. The maximum absolute atomic E-state index is 6.65. The summed E-state index contributed by atoms with van der Waals surface area (Å²) in [5, 5.41) is 0.788. The molecule has 0 saturated carbocycles. The third-order valence-electron chi connectivity index (χ3n) is 5.12. The predicted molar refractivity (Wildman–Crippen MR) is 120 cm³/mol. The molecule has 0 bridgehead atoms. The molecular formula is C26H29Cl. The van der Waals surface area contributed by atoms with E-state index in [1.54, 1.807) is 0 Å². The van der Waals surface area contributed by atoms with Gasteiger partial charge < -0.3 is 0 Å². The van der Waals surface area contributed by atoms with Crippen LogP contribution in [0.1, 0.15) is 52.7 Å². The molecule has 0 N–H and O–H groups in total. The highest BCUT2D eigenvalue weighted by Gasteiger charge is 2.15. The van der Waals surface area contributed by atoms with Gasteiger partial charge in [0.1, 0.15) is 0 Å². The quantitative estimate of drug-likeness (QED) is 0.422. The standard InChI is InChI=1S/C26H29Cl/c1-25(2,3)21-12-7-18(8-13-21)20-11-16-23(24(27)17-20)19-9-14-22(15-10-19)26(4,5)6/h7-17H,1-6H3. The number of hydrogen-bond acceptors (Lipinski definition) is 0. The summed E-state index contributed by atoms with van der Waals surface area (Å²) in [5.41, 5.74) is 7.57. The van der Waals surface area contributed by atoms with Crippen LogP contribution >= 0.6 is 11.6 Å². The third-order valence-corrected chi connectivity index (χ3v) is 5.43. The Kier molecular flexibility index (Phi) is 5.23. The van der Waals surface area contributed by atoms with Crippen molar-refractivity contribution in [3.8, 4) is 22.3 Å². The first-order valence-corrected chi connectivity index (χ1v) is 9.95. The van der Waals surface area contributed by atoms with Crippen LogP contribution in [0.2, 0.25) is 5.02 Å². The molecule has 0 fully saturated rings. The van der Waals surface area contributed by atoms with Crippen LogP contribution in [0.25, 0.3) is 22.3 Å². The van der Waals surface area contributed by atoms with E-state index in [9.17, 15) is 0 Å². The zero-order valence-corrected chi connectivity index (χ0v) is 18.0. The van der Waals surface area contributed by atoms with Crippen molar-refractivity contribution in [2.24, 2.45) is 0 Å². The smallest absolute Gasteiger partial charge is 0.0490 e. The molecule has 0 saturated heterocycles. The molecule has 0 nitrogen and oxygen atoms in total. The number of rotatable bonds is 2. The lowest BCUT2D eigenvalue weighted by Gasteiger charge is -2.19. The van der Waals surface area contributed by atoms with Crippen LogP contribution in [-0.2, 0) is 10.8 Å². The van der Waals surface area contributed by atoms with E-state index in [1.165, 1.54) is 16.7 Å². The van der Waals surface area contributed by atoms with E-state index in [0.29, 0.717) is 0 Å². The van der Waals surface area contributed by atoms with Crippen LogP contribution in [0.4, 0.5) is 0 Å². The molecule has 0 spiro atoms. The Morgan fingerprint density at radius 2 is 0.926 bits per heavy atom. The Morgan fingerprint density at radius 1 is 0.519 bits per heavy atom. The fraction of sp³-hybridized carbons (Fsp3) is 0.308. The van der Waals surface area contributed by atoms with E-state index < -0.39 is 0 Å². The van der Waals surface area contributed by atoms with Crippen molar-refractivity contribution in [3.05, 3.63) is 82.9 Å². The summed E-state index contributed by atoms with van der Waals surface area (Å²) < 4.78 is 0. The first kappa shape index (κ1) is 19.7. The van der Waals surface area contributed by atoms with Gasteiger partial charge in [-0.3, -0.25) is 0 Å². The summed E-state index contributed by atoms with van der Waals surface area (Å²) in [6.45, 7) is 13.4. The van der Waals surface area contributed by atoms with Gasteiger partial charge in [-0.1, -0.05) is 114 Å². The van der Waals surface area contributed by atoms with Gasteiger partial charge in [-0.05, 0) is 44.7 Å². The Labute approximate surface area is 169 Å². The van der Waals surface area contributed by atoms with Gasteiger partial charge in [-0.15, -0.1) is 0 Å². The van der Waals surface area contributed by atoms with Crippen LogP contribution in [0.15, 0.2) is 66.7 Å². The topological polar surface area (TPSA) is 0 Å². The largest absolute Gasteiger partial charge is 0.0836 e. The van der Waals surface area contributed by atoms with E-state index in [2.05, 4.69) is 108 Å². The normalized spacial score (nSPS) is 12.3. The summed E-state index contributed by atoms with van der Waals surface area (Å²) in [7, 11) is 0. The highest BCUT2D eigenvalue weighted by atomic mass is 35.5. The Hall–Kier alpha value is -2.05. The second kappa shape index (κ2) is 7.17. The van der Waals surface area contributed by atoms with E-state index in [1.807, 2.05) is 0 Å². The van der Waals surface area contributed by atoms with Gasteiger partial charge in [0.25, 0.3) is 0 Å². The lowest BCUT2D eigenvalue weighted by Crippen LogP contribution is -2.10. The average Bonchev–Trinajstić information content (AvgIpc) is 2.60. The second-order valence-electron chi connectivity index (χ2n) is 9.35. The number of halogens is 1. The lowest BCUT2D eigenvalue weighted by atomic mass is 9.86. The minimum Gasteiger partial charge on any atom is -0.0836 e. The van der Waals surface area contributed by atoms with Crippen LogP contribution in [-0.4, -0.2) is 0 Å². The molecule has 3 aromatic carbocycles. The Morgan fingerprint density at radius 3 is 1.33 bits per heavy atom. The lowest BCUT2D eigenvalue weighted by molar-refractivity contribution is 0.590. The van der Waals surface area contributed by atoms with Gasteiger partial charge in [-0.2, -0.15) is 0 Å². The molecule has 0 aliphatic rings. The molecule has 3 rings (SSSR count). The van der Waals surface area contributed by atoms with E-state index in [0.717, 1.165) is 21.7 Å². The first-order valence-electron chi connectivity index (χ1n) is 9.57. The molecular weight excluding hydrogens is 348 g/mol. The molecule has 0 atom stereocenters. The molecule has 0 unspecified atom stereocenters. The van der Waals surface area contributed by atoms with Crippen molar-refractivity contribution in [3.63, 3.8) is 0 Å². The van der Waals surface area contributed by atoms with Gasteiger partial charge in [0.2, 0.25) is 0 Å². The molecule has 0 aliphatic heterocycles. The van der Waals surface area contributed by atoms with Gasteiger partial charge in [0, 0.05) is 10.6 Å². The summed E-state index contributed by atoms with van der Waals surface area (Å²) in [6, 6.07) is 23.9. The van der Waals surface area contributed by atoms with Crippen molar-refractivity contribution in [1.29, 1.82) is 0 Å². The van der Waals surface area contributed by atoms with Gasteiger partial charge in [-0.25, -0.2) is 0 Å². The van der Waals surface area contributed by atoms with E-state index >= 15 is 0 Å². The molecule has 3 aromatic rings. The zero-order valence-electron chi connectivity index (χ0n) is 17.2. The second-order valence-corrected chi connectivity index (χ2v) is 9.76. The van der Waals surface area contributed by atoms with Crippen molar-refractivity contribution in [2.75, 3.05) is 0 Å². The molecule has 27 heavy (non-hydrogen) atoms. The maximum Gasteiger partial charge on any atom is 0.0490 e. The number of hydrogen-bond donors (Lipinski definition) is 0. The zero-order chi connectivity index (χ0) is 19.8. The van der Waals surface area contributed by atoms with Crippen molar-refractivity contribution < 1.29 is 0 Å². The van der Waals surface area contributed by atoms with Crippen molar-refractivity contribution >= 4 is 11.6 Å². The van der Waals surface area contributed by atoms with E-state index in [4.69, 9.17) is 11.6 Å². The predicted octanol–water partition coefficient (Wildman–Crippen LogP) is 8.27. The van der Waals surface area contributed by atoms with E-state index in [-0.39, 0.29) is 10.8 Å². The summed E-state index contributed by atoms with van der Waals surface area (Å²) in [6.07, 6.45) is 0. The molecule has 0 heterocycles. The highest BCUT2D eigenvalue weighted by molar-refractivity contribution is 6.33. The third kappa shape index (κ3) is 4.45. The molecule has 0 radical (unpaired) electrons. The van der Waals surface area contributed by atoms with Gasteiger partial charge >= 0.3 is 0 Å². The van der Waals surface area contributed by atoms with Gasteiger partial charge in [0.15, 0.2) is 0 Å². The molecule has 0 amide bonds.